The second kappa shape index (κ2) is 4.82. The molecule has 0 saturated carbocycles. The van der Waals surface area contributed by atoms with Crippen molar-refractivity contribution in [3.63, 3.8) is 0 Å². The Hall–Kier alpha value is -1.10. The van der Waals surface area contributed by atoms with E-state index in [-0.39, 0.29) is 23.9 Å². The molecule has 2 N–H and O–H groups in total. The zero-order chi connectivity index (χ0) is 11.5. The molecule has 90 valence electrons. The van der Waals surface area contributed by atoms with Crippen LogP contribution in [0, 0.1) is 0 Å². The van der Waals surface area contributed by atoms with Gasteiger partial charge in [-0.15, -0.1) is 0 Å². The summed E-state index contributed by atoms with van der Waals surface area (Å²) in [5.41, 5.74) is 0. The van der Waals surface area contributed by atoms with Gasteiger partial charge in [0.05, 0.1) is 6.04 Å². The number of carbonyl (C=O) groups excluding carboxylic acids is 2. The van der Waals surface area contributed by atoms with Gasteiger partial charge >= 0.3 is 0 Å². The molecule has 2 aliphatic heterocycles. The number of hydrogen-bond donors (Lipinski definition) is 2. The first-order chi connectivity index (χ1) is 7.70. The maximum absolute atomic E-state index is 12.2. The molecule has 0 spiro atoms. The van der Waals surface area contributed by atoms with Gasteiger partial charge in [-0.25, -0.2) is 0 Å². The molecule has 16 heavy (non-hydrogen) atoms. The third-order valence-corrected chi connectivity index (χ3v) is 3.39. The van der Waals surface area contributed by atoms with Gasteiger partial charge in [0.15, 0.2) is 0 Å². The van der Waals surface area contributed by atoms with E-state index < -0.39 is 0 Å². The van der Waals surface area contributed by atoms with Gasteiger partial charge in [0.2, 0.25) is 11.8 Å². The molecule has 2 amide bonds. The summed E-state index contributed by atoms with van der Waals surface area (Å²) >= 11 is 0. The Balaban J connectivity index is 1.99. The highest BCUT2D eigenvalue weighted by Crippen LogP contribution is 2.13. The van der Waals surface area contributed by atoms with Gasteiger partial charge in [0.25, 0.3) is 0 Å². The van der Waals surface area contributed by atoms with Crippen LogP contribution in [-0.4, -0.2) is 48.4 Å². The second-order valence-electron chi connectivity index (χ2n) is 4.50. The third-order valence-electron chi connectivity index (χ3n) is 3.39. The van der Waals surface area contributed by atoms with Crippen molar-refractivity contribution < 1.29 is 9.59 Å². The van der Waals surface area contributed by atoms with Crippen molar-refractivity contribution in [2.75, 3.05) is 19.6 Å². The Labute approximate surface area is 95.6 Å². The number of nitrogens with one attached hydrogen (secondary N) is 2. The fourth-order valence-corrected chi connectivity index (χ4v) is 2.35. The van der Waals surface area contributed by atoms with E-state index in [2.05, 4.69) is 10.6 Å². The molecule has 0 radical (unpaired) electrons. The summed E-state index contributed by atoms with van der Waals surface area (Å²) in [6.07, 6.45) is 3.13. The van der Waals surface area contributed by atoms with Gasteiger partial charge in [0, 0.05) is 13.1 Å². The zero-order valence-corrected chi connectivity index (χ0v) is 9.66. The highest BCUT2D eigenvalue weighted by Gasteiger charge is 2.33. The van der Waals surface area contributed by atoms with Gasteiger partial charge in [-0.05, 0) is 26.3 Å². The van der Waals surface area contributed by atoms with Crippen molar-refractivity contribution in [3.05, 3.63) is 0 Å². The number of carbonyl (C=O) groups is 2. The summed E-state index contributed by atoms with van der Waals surface area (Å²) in [5, 5.41) is 5.99. The van der Waals surface area contributed by atoms with Crippen LogP contribution >= 0.6 is 0 Å². The van der Waals surface area contributed by atoms with E-state index in [1.807, 2.05) is 0 Å². The minimum atomic E-state index is -0.329. The predicted octanol–water partition coefficient (Wildman–Crippen LogP) is -0.525. The van der Waals surface area contributed by atoms with Crippen LogP contribution in [0.15, 0.2) is 0 Å². The van der Waals surface area contributed by atoms with Crippen LogP contribution in [0.2, 0.25) is 0 Å². The minimum Gasteiger partial charge on any atom is -0.353 e. The second-order valence-corrected chi connectivity index (χ2v) is 4.50. The Kier molecular flexibility index (Phi) is 3.43. The van der Waals surface area contributed by atoms with Gasteiger partial charge in [-0.2, -0.15) is 0 Å². The minimum absolute atomic E-state index is 0.0459. The lowest BCUT2D eigenvalue weighted by molar-refractivity contribution is -0.144. The lowest BCUT2D eigenvalue weighted by Gasteiger charge is -2.36. The van der Waals surface area contributed by atoms with Crippen LogP contribution in [0.3, 0.4) is 0 Å². The van der Waals surface area contributed by atoms with E-state index in [1.165, 1.54) is 0 Å². The van der Waals surface area contributed by atoms with Crippen LogP contribution < -0.4 is 10.6 Å². The predicted molar refractivity (Wildman–Crippen MR) is 59.8 cm³/mol. The quantitative estimate of drug-likeness (QED) is 0.631. The number of hydrogen-bond acceptors (Lipinski definition) is 3. The highest BCUT2D eigenvalue weighted by atomic mass is 16.2. The van der Waals surface area contributed by atoms with Crippen molar-refractivity contribution >= 4 is 11.8 Å². The Morgan fingerprint density at radius 3 is 2.88 bits per heavy atom. The standard InChI is InChI=1S/C11H19N3O2/c1-8-10(15)13-6-7-14(8)11(16)9-4-2-3-5-12-9/h8-9,12H,2-7H2,1H3,(H,13,15)/t8?,9-/m0/s1. The van der Waals surface area contributed by atoms with Crippen molar-refractivity contribution in [2.24, 2.45) is 0 Å². The molecule has 2 rings (SSSR count). The monoisotopic (exact) mass is 225 g/mol. The Morgan fingerprint density at radius 1 is 1.38 bits per heavy atom. The van der Waals surface area contributed by atoms with Gasteiger partial charge in [0.1, 0.15) is 6.04 Å². The largest absolute Gasteiger partial charge is 0.353 e. The molecule has 2 aliphatic rings. The molecule has 2 heterocycles. The Morgan fingerprint density at radius 2 is 2.19 bits per heavy atom. The van der Waals surface area contributed by atoms with Crippen molar-refractivity contribution in [1.29, 1.82) is 0 Å². The maximum atomic E-state index is 12.2. The summed E-state index contributed by atoms with van der Waals surface area (Å²) in [6.45, 7) is 3.89. The lowest BCUT2D eigenvalue weighted by atomic mass is 10.0. The molecule has 5 heteroatoms. The molecule has 0 aromatic rings. The van der Waals surface area contributed by atoms with E-state index in [0.29, 0.717) is 13.1 Å². The van der Waals surface area contributed by atoms with E-state index in [9.17, 15) is 9.59 Å². The third kappa shape index (κ3) is 2.19. The molecule has 1 unspecified atom stereocenters. The molecule has 2 fully saturated rings. The smallest absolute Gasteiger partial charge is 0.242 e. The number of rotatable bonds is 1. The van der Waals surface area contributed by atoms with Gasteiger partial charge in [-0.1, -0.05) is 6.42 Å². The maximum Gasteiger partial charge on any atom is 0.242 e. The summed E-state index contributed by atoms with van der Waals surface area (Å²) in [5.74, 6) is 0.0393. The van der Waals surface area contributed by atoms with Crippen LogP contribution in [0.25, 0.3) is 0 Å². The van der Waals surface area contributed by atoms with Gasteiger partial charge in [-0.3, -0.25) is 9.59 Å². The molecular formula is C11H19N3O2. The van der Waals surface area contributed by atoms with Crippen molar-refractivity contribution in [3.8, 4) is 0 Å². The fourth-order valence-electron chi connectivity index (χ4n) is 2.35. The number of amides is 2. The van der Waals surface area contributed by atoms with E-state index in [4.69, 9.17) is 0 Å². The number of nitrogens with zero attached hydrogens (tertiary/aromatic N) is 1. The number of piperazine rings is 1. The normalized spacial score (nSPS) is 31.1. The van der Waals surface area contributed by atoms with Crippen molar-refractivity contribution in [2.45, 2.75) is 38.3 Å². The van der Waals surface area contributed by atoms with Crippen LogP contribution in [-0.2, 0) is 9.59 Å². The average molecular weight is 225 g/mol. The SMILES string of the molecule is CC1C(=O)NCCN1C(=O)[C@@H]1CCCCN1. The Bertz CT molecular complexity index is 287. The molecule has 2 atom stereocenters. The van der Waals surface area contributed by atoms with Crippen LogP contribution in [0.4, 0.5) is 0 Å². The first-order valence-corrected chi connectivity index (χ1v) is 6.02. The molecule has 0 aromatic heterocycles. The molecule has 5 nitrogen and oxygen atoms in total. The van der Waals surface area contributed by atoms with E-state index in [1.54, 1.807) is 11.8 Å². The first-order valence-electron chi connectivity index (χ1n) is 6.02. The molecule has 2 saturated heterocycles. The fraction of sp³-hybridized carbons (Fsp3) is 0.818. The van der Waals surface area contributed by atoms with Crippen LogP contribution in [0.5, 0.6) is 0 Å². The molecule has 0 bridgehead atoms. The summed E-state index contributed by atoms with van der Waals surface area (Å²) in [6, 6.07) is -0.410. The topological polar surface area (TPSA) is 61.4 Å². The molecule has 0 aromatic carbocycles. The summed E-state index contributed by atoms with van der Waals surface area (Å²) < 4.78 is 0. The van der Waals surface area contributed by atoms with E-state index >= 15 is 0 Å². The lowest BCUT2D eigenvalue weighted by Crippen LogP contribution is -2.60. The average Bonchev–Trinajstić information content (AvgIpc) is 2.33. The van der Waals surface area contributed by atoms with E-state index in [0.717, 1.165) is 25.8 Å². The zero-order valence-electron chi connectivity index (χ0n) is 9.66. The summed E-state index contributed by atoms with van der Waals surface area (Å²) in [7, 11) is 0. The number of piperidine rings is 1. The summed E-state index contributed by atoms with van der Waals surface area (Å²) in [4.78, 5) is 25.4. The van der Waals surface area contributed by atoms with Gasteiger partial charge < -0.3 is 15.5 Å². The molecular weight excluding hydrogens is 206 g/mol. The molecule has 0 aliphatic carbocycles. The van der Waals surface area contributed by atoms with Crippen molar-refractivity contribution in [1.82, 2.24) is 15.5 Å². The van der Waals surface area contributed by atoms with Crippen LogP contribution in [0.1, 0.15) is 26.2 Å². The first kappa shape index (κ1) is 11.4. The highest BCUT2D eigenvalue weighted by molar-refractivity contribution is 5.90.